The van der Waals surface area contributed by atoms with E-state index in [4.69, 9.17) is 9.84 Å². The first-order valence-electron chi connectivity index (χ1n) is 4.07. The van der Waals surface area contributed by atoms with Crippen LogP contribution in [0, 0.1) is 0 Å². The Bertz CT molecular complexity index is 419. The lowest BCUT2D eigenvalue weighted by Crippen LogP contribution is -2.24. The summed E-state index contributed by atoms with van der Waals surface area (Å²) in [4.78, 5) is 21.6. The van der Waals surface area contributed by atoms with Gasteiger partial charge >= 0.3 is 11.7 Å². The fourth-order valence-electron chi connectivity index (χ4n) is 0.832. The molecule has 1 aromatic heterocycles. The van der Waals surface area contributed by atoms with Gasteiger partial charge in [0.2, 0.25) is 0 Å². The summed E-state index contributed by atoms with van der Waals surface area (Å²) in [6.07, 6.45) is 1.83. The minimum atomic E-state index is -1.16. The van der Waals surface area contributed by atoms with Gasteiger partial charge in [-0.1, -0.05) is 0 Å². The smallest absolute Gasteiger partial charge is 0.367 e. The molecule has 1 aromatic rings. The second kappa shape index (κ2) is 5.05. The van der Waals surface area contributed by atoms with Crippen LogP contribution >= 0.6 is 0 Å². The van der Waals surface area contributed by atoms with E-state index in [0.717, 1.165) is 21.6 Å². The third-order valence-electron chi connectivity index (χ3n) is 1.53. The molecule has 0 aliphatic carbocycles. The van der Waals surface area contributed by atoms with Gasteiger partial charge in [0.25, 0.3) is 0 Å². The first kappa shape index (κ1) is 11.1. The summed E-state index contributed by atoms with van der Waals surface area (Å²) in [6.45, 7) is 0.609. The molecule has 1 N–H and O–H groups in total. The number of carbonyl (C=O) groups is 1. The topological polar surface area (TPSA) is 99.2 Å². The van der Waals surface area contributed by atoms with E-state index in [1.807, 2.05) is 0 Å². The molecule has 82 valence electrons. The minimum absolute atomic E-state index is 0.274. The van der Waals surface area contributed by atoms with Crippen molar-refractivity contribution in [1.82, 2.24) is 19.8 Å². The van der Waals surface area contributed by atoms with Crippen molar-refractivity contribution in [3.05, 3.63) is 16.6 Å². The molecule has 0 fully saturated rings. The van der Waals surface area contributed by atoms with Crippen molar-refractivity contribution in [1.29, 1.82) is 0 Å². The monoisotopic (exact) mass is 214 g/mol. The van der Waals surface area contributed by atoms with Gasteiger partial charge in [-0.3, -0.25) is 0 Å². The van der Waals surface area contributed by atoms with Crippen LogP contribution in [0.1, 0.15) is 0 Å². The third kappa shape index (κ3) is 3.02. The first-order valence-corrected chi connectivity index (χ1v) is 4.07. The number of carboxylic acids is 1. The molecule has 0 amide bonds. The highest BCUT2D eigenvalue weighted by Crippen LogP contribution is 1.79. The summed E-state index contributed by atoms with van der Waals surface area (Å²) >= 11 is 0. The van der Waals surface area contributed by atoms with E-state index in [-0.39, 0.29) is 6.54 Å². The zero-order valence-corrected chi connectivity index (χ0v) is 8.03. The number of aliphatic carboxylic acids is 1. The summed E-state index contributed by atoms with van der Waals surface area (Å²) in [5, 5.41) is 15.3. The molecule has 0 spiro atoms. The predicted octanol–water partition coefficient (Wildman–Crippen LogP) is -1.36. The molecule has 1 heterocycles. The van der Waals surface area contributed by atoms with Crippen LogP contribution in [0.4, 0.5) is 0 Å². The first-order chi connectivity index (χ1) is 7.15. The van der Waals surface area contributed by atoms with Gasteiger partial charge in [-0.05, 0) is 10.4 Å². The SMILES string of the molecule is COCCn1nnn(C=CC(=O)O)c1=O. The van der Waals surface area contributed by atoms with Crippen molar-refractivity contribution in [2.24, 2.45) is 0 Å². The molecule has 0 aliphatic heterocycles. The maximum atomic E-state index is 11.4. The molecule has 0 aliphatic rings. The minimum Gasteiger partial charge on any atom is -0.478 e. The molecule has 0 saturated carbocycles. The lowest BCUT2D eigenvalue weighted by Gasteiger charge is -1.94. The number of carboxylic acid groups (broad SMARTS) is 1. The van der Waals surface area contributed by atoms with Crippen molar-refractivity contribution < 1.29 is 14.6 Å². The van der Waals surface area contributed by atoms with Gasteiger partial charge in [-0.2, -0.15) is 9.36 Å². The van der Waals surface area contributed by atoms with Crippen molar-refractivity contribution in [2.45, 2.75) is 6.54 Å². The average Bonchev–Trinajstić information content (AvgIpc) is 2.54. The van der Waals surface area contributed by atoms with Crippen LogP contribution in [0.5, 0.6) is 0 Å². The van der Waals surface area contributed by atoms with E-state index >= 15 is 0 Å². The van der Waals surface area contributed by atoms with Gasteiger partial charge in [-0.15, -0.1) is 0 Å². The van der Waals surface area contributed by atoms with Gasteiger partial charge in [0, 0.05) is 19.4 Å². The van der Waals surface area contributed by atoms with Crippen molar-refractivity contribution in [3.8, 4) is 0 Å². The average molecular weight is 214 g/mol. The Morgan fingerprint density at radius 2 is 2.33 bits per heavy atom. The zero-order chi connectivity index (χ0) is 11.3. The van der Waals surface area contributed by atoms with E-state index in [0.29, 0.717) is 6.61 Å². The highest BCUT2D eigenvalue weighted by Gasteiger charge is 2.03. The summed E-state index contributed by atoms with van der Waals surface area (Å²) < 4.78 is 6.68. The van der Waals surface area contributed by atoms with E-state index in [1.165, 1.54) is 7.11 Å². The number of hydrogen-bond donors (Lipinski definition) is 1. The van der Waals surface area contributed by atoms with E-state index in [2.05, 4.69) is 10.4 Å². The number of nitrogens with zero attached hydrogens (tertiary/aromatic N) is 4. The normalized spacial score (nSPS) is 11.0. The van der Waals surface area contributed by atoms with Gasteiger partial charge in [0.1, 0.15) is 0 Å². The lowest BCUT2D eigenvalue weighted by molar-refractivity contribution is -0.131. The lowest BCUT2D eigenvalue weighted by atomic mass is 10.6. The summed E-state index contributed by atoms with van der Waals surface area (Å²) in [6, 6.07) is 0. The highest BCUT2D eigenvalue weighted by atomic mass is 16.5. The Kier molecular flexibility index (Phi) is 3.75. The van der Waals surface area contributed by atoms with E-state index in [1.54, 1.807) is 0 Å². The highest BCUT2D eigenvalue weighted by molar-refractivity contribution is 5.82. The van der Waals surface area contributed by atoms with Gasteiger partial charge in [-0.25, -0.2) is 9.59 Å². The number of tetrazole rings is 1. The predicted molar refractivity (Wildman–Crippen MR) is 49.1 cm³/mol. The van der Waals surface area contributed by atoms with Crippen molar-refractivity contribution >= 4 is 12.2 Å². The molecule has 0 atom stereocenters. The maximum Gasteiger partial charge on any atom is 0.367 e. The number of methoxy groups -OCH3 is 1. The van der Waals surface area contributed by atoms with Crippen LogP contribution in [-0.2, 0) is 16.1 Å². The van der Waals surface area contributed by atoms with Gasteiger partial charge in [0.05, 0.1) is 13.2 Å². The van der Waals surface area contributed by atoms with Crippen molar-refractivity contribution in [2.75, 3.05) is 13.7 Å². The molecule has 0 unspecified atom stereocenters. The zero-order valence-electron chi connectivity index (χ0n) is 8.03. The standard InChI is InChI=1S/C7H10N4O4/c1-15-5-4-11-7(14)10(8-9-11)3-2-6(12)13/h2-3H,4-5H2,1H3,(H,12,13). The van der Waals surface area contributed by atoms with E-state index < -0.39 is 11.7 Å². The number of ether oxygens (including phenoxy) is 1. The van der Waals surface area contributed by atoms with Gasteiger partial charge in [0.15, 0.2) is 0 Å². The van der Waals surface area contributed by atoms with Crippen molar-refractivity contribution in [3.63, 3.8) is 0 Å². The number of rotatable bonds is 5. The number of hydrogen-bond acceptors (Lipinski definition) is 5. The Morgan fingerprint density at radius 1 is 1.60 bits per heavy atom. The Balaban J connectivity index is 2.80. The molecule has 8 heteroatoms. The molecular weight excluding hydrogens is 204 g/mol. The summed E-state index contributed by atoms with van der Waals surface area (Å²) in [7, 11) is 1.50. The van der Waals surface area contributed by atoms with Gasteiger partial charge < -0.3 is 9.84 Å². The molecule has 1 rings (SSSR count). The summed E-state index contributed by atoms with van der Waals surface area (Å²) in [5.74, 6) is -1.16. The Morgan fingerprint density at radius 3 is 2.93 bits per heavy atom. The Labute approximate surface area is 84.4 Å². The number of aromatic nitrogens is 4. The van der Waals surface area contributed by atoms with Crippen LogP contribution in [0.2, 0.25) is 0 Å². The fraction of sp³-hybridized carbons (Fsp3) is 0.429. The van der Waals surface area contributed by atoms with Crippen LogP contribution in [-0.4, -0.2) is 44.6 Å². The van der Waals surface area contributed by atoms with Crippen LogP contribution in [0.3, 0.4) is 0 Å². The summed E-state index contributed by atoms with van der Waals surface area (Å²) in [5.41, 5.74) is -0.510. The molecular formula is C7H10N4O4. The third-order valence-corrected chi connectivity index (χ3v) is 1.53. The Hall–Kier alpha value is -1.96. The maximum absolute atomic E-state index is 11.4. The fourth-order valence-corrected chi connectivity index (χ4v) is 0.832. The molecule has 0 aromatic carbocycles. The van der Waals surface area contributed by atoms with Crippen LogP contribution in [0.15, 0.2) is 10.9 Å². The molecule has 0 radical (unpaired) electrons. The molecule has 0 saturated heterocycles. The molecule has 15 heavy (non-hydrogen) atoms. The molecule has 8 nitrogen and oxygen atoms in total. The quantitative estimate of drug-likeness (QED) is 0.608. The largest absolute Gasteiger partial charge is 0.478 e. The second-order valence-corrected chi connectivity index (χ2v) is 2.58. The van der Waals surface area contributed by atoms with Crippen LogP contribution in [0.25, 0.3) is 6.20 Å². The van der Waals surface area contributed by atoms with Crippen LogP contribution < -0.4 is 5.69 Å². The molecule has 0 bridgehead atoms. The van der Waals surface area contributed by atoms with E-state index in [9.17, 15) is 9.59 Å². The second-order valence-electron chi connectivity index (χ2n) is 2.58.